The summed E-state index contributed by atoms with van der Waals surface area (Å²) in [5, 5.41) is 30.3. The Labute approximate surface area is 169 Å². The molecule has 0 aromatic heterocycles. The Bertz CT molecular complexity index is 569. The van der Waals surface area contributed by atoms with Crippen molar-refractivity contribution >= 4 is 5.97 Å². The van der Waals surface area contributed by atoms with Gasteiger partial charge in [-0.05, 0) is 49.5 Å². The van der Waals surface area contributed by atoms with Crippen molar-refractivity contribution in [1.82, 2.24) is 0 Å². The fourth-order valence-electron chi connectivity index (χ4n) is 4.40. The Balaban J connectivity index is 2.13. The topological polar surface area (TPSA) is 87.0 Å². The lowest BCUT2D eigenvalue weighted by molar-refractivity contribution is -0.159. The van der Waals surface area contributed by atoms with Crippen LogP contribution in [0.3, 0.4) is 0 Å². The number of hydrogen-bond donors (Lipinski definition) is 3. The van der Waals surface area contributed by atoms with Gasteiger partial charge in [0.25, 0.3) is 0 Å². The zero-order chi connectivity index (χ0) is 20.8. The third kappa shape index (κ3) is 5.91. The quantitative estimate of drug-likeness (QED) is 0.522. The lowest BCUT2D eigenvalue weighted by atomic mass is 9.66. The maximum atomic E-state index is 12.4. The number of allylic oxidation sites excluding steroid dienone is 2. The zero-order valence-corrected chi connectivity index (χ0v) is 17.8. The van der Waals surface area contributed by atoms with Gasteiger partial charge in [0.05, 0.1) is 24.2 Å². The summed E-state index contributed by atoms with van der Waals surface area (Å²) >= 11 is 0. The first kappa shape index (κ1) is 23.1. The molecule has 160 valence electrons. The molecule has 0 bridgehead atoms. The van der Waals surface area contributed by atoms with Crippen LogP contribution in [0.15, 0.2) is 23.8 Å². The van der Waals surface area contributed by atoms with Gasteiger partial charge in [0.2, 0.25) is 0 Å². The van der Waals surface area contributed by atoms with Crippen molar-refractivity contribution in [2.45, 2.75) is 90.6 Å². The molecule has 5 heteroatoms. The number of hydrogen-bond acceptors (Lipinski definition) is 5. The van der Waals surface area contributed by atoms with E-state index in [1.54, 1.807) is 0 Å². The average molecular weight is 395 g/mol. The number of rotatable bonds is 9. The molecule has 2 rings (SSSR count). The van der Waals surface area contributed by atoms with Crippen molar-refractivity contribution in [2.24, 2.45) is 23.7 Å². The summed E-state index contributed by atoms with van der Waals surface area (Å²) in [6, 6.07) is 0. The Morgan fingerprint density at radius 3 is 2.61 bits per heavy atom. The number of carbonyl (C=O) groups is 1. The number of aliphatic hydroxyl groups is 3. The van der Waals surface area contributed by atoms with E-state index in [4.69, 9.17) is 4.74 Å². The third-order valence-electron chi connectivity index (χ3n) is 6.50. The Kier molecular flexibility index (Phi) is 8.72. The Morgan fingerprint density at radius 1 is 1.25 bits per heavy atom. The highest BCUT2D eigenvalue weighted by molar-refractivity contribution is 5.72. The molecule has 0 spiro atoms. The highest BCUT2D eigenvalue weighted by Crippen LogP contribution is 2.44. The van der Waals surface area contributed by atoms with Crippen LogP contribution in [-0.2, 0) is 9.53 Å². The van der Waals surface area contributed by atoms with Crippen molar-refractivity contribution in [3.8, 4) is 0 Å². The number of aliphatic hydroxyl groups excluding tert-OH is 3. The fourth-order valence-corrected chi connectivity index (χ4v) is 4.40. The monoisotopic (exact) mass is 394 g/mol. The molecule has 0 aromatic rings. The summed E-state index contributed by atoms with van der Waals surface area (Å²) in [7, 11) is 0. The second-order valence-electron chi connectivity index (χ2n) is 8.69. The van der Waals surface area contributed by atoms with Crippen LogP contribution in [0, 0.1) is 23.7 Å². The number of carbonyl (C=O) groups excluding carboxylic acids is 1. The average Bonchev–Trinajstić information content (AvgIpc) is 2.66. The molecule has 5 nitrogen and oxygen atoms in total. The van der Waals surface area contributed by atoms with E-state index in [1.165, 1.54) is 0 Å². The van der Waals surface area contributed by atoms with Crippen molar-refractivity contribution in [3.63, 3.8) is 0 Å². The molecule has 0 saturated heterocycles. The van der Waals surface area contributed by atoms with Crippen LogP contribution in [0.5, 0.6) is 0 Å². The van der Waals surface area contributed by atoms with E-state index in [1.807, 2.05) is 26.8 Å². The van der Waals surface area contributed by atoms with Gasteiger partial charge in [-0.1, -0.05) is 45.9 Å². The molecular weight excluding hydrogens is 356 g/mol. The summed E-state index contributed by atoms with van der Waals surface area (Å²) in [5.41, 5.74) is 1.03. The van der Waals surface area contributed by atoms with Gasteiger partial charge in [0.15, 0.2) is 0 Å². The standard InChI is InChI=1S/C23H38O5/c1-5-14(3)23(27)28-21-13-19(26)11-16-8-7-15(4)20(22(16)21)10-9-18(25)12-17(24)6-2/h7-8,11,14-15,17-22,24-26H,5-6,9-10,12-13H2,1-4H3/t14-,15-,17-,18-,19+,20-,21-,22-/m0/s1. The van der Waals surface area contributed by atoms with Gasteiger partial charge >= 0.3 is 5.97 Å². The van der Waals surface area contributed by atoms with E-state index in [2.05, 4.69) is 19.1 Å². The summed E-state index contributed by atoms with van der Waals surface area (Å²) in [6.45, 7) is 7.90. The van der Waals surface area contributed by atoms with E-state index in [0.717, 1.165) is 18.4 Å². The van der Waals surface area contributed by atoms with Crippen LogP contribution < -0.4 is 0 Å². The molecule has 0 fully saturated rings. The lowest BCUT2D eigenvalue weighted by Gasteiger charge is -2.43. The van der Waals surface area contributed by atoms with Gasteiger partial charge < -0.3 is 20.1 Å². The van der Waals surface area contributed by atoms with Gasteiger partial charge in [-0.2, -0.15) is 0 Å². The fraction of sp³-hybridized carbons (Fsp3) is 0.783. The smallest absolute Gasteiger partial charge is 0.308 e. The minimum absolute atomic E-state index is 0.0414. The molecule has 0 aliphatic heterocycles. The normalized spacial score (nSPS) is 32.8. The highest BCUT2D eigenvalue weighted by atomic mass is 16.5. The van der Waals surface area contributed by atoms with E-state index >= 15 is 0 Å². The maximum Gasteiger partial charge on any atom is 0.308 e. The van der Waals surface area contributed by atoms with Gasteiger partial charge in [-0.25, -0.2) is 0 Å². The lowest BCUT2D eigenvalue weighted by Crippen LogP contribution is -2.43. The molecule has 0 saturated carbocycles. The van der Waals surface area contributed by atoms with Crippen LogP contribution in [-0.4, -0.2) is 45.7 Å². The van der Waals surface area contributed by atoms with Gasteiger partial charge in [-0.15, -0.1) is 0 Å². The molecule has 0 heterocycles. The summed E-state index contributed by atoms with van der Waals surface area (Å²) in [5.74, 6) is 0.212. The van der Waals surface area contributed by atoms with E-state index in [0.29, 0.717) is 31.6 Å². The first-order valence-corrected chi connectivity index (χ1v) is 10.9. The Hall–Kier alpha value is -1.17. The summed E-state index contributed by atoms with van der Waals surface area (Å²) < 4.78 is 5.88. The summed E-state index contributed by atoms with van der Waals surface area (Å²) in [6.07, 6.45) is 7.71. The molecule has 8 atom stereocenters. The first-order valence-electron chi connectivity index (χ1n) is 10.9. The number of fused-ring (bicyclic) bond motifs is 1. The molecule has 0 amide bonds. The van der Waals surface area contributed by atoms with Crippen LogP contribution in [0.4, 0.5) is 0 Å². The van der Waals surface area contributed by atoms with Gasteiger partial charge in [0, 0.05) is 12.3 Å². The van der Waals surface area contributed by atoms with Crippen LogP contribution in [0.2, 0.25) is 0 Å². The molecule has 28 heavy (non-hydrogen) atoms. The second-order valence-corrected chi connectivity index (χ2v) is 8.69. The minimum atomic E-state index is -0.606. The predicted molar refractivity (Wildman–Crippen MR) is 109 cm³/mol. The van der Waals surface area contributed by atoms with Gasteiger partial charge in [-0.3, -0.25) is 4.79 Å². The van der Waals surface area contributed by atoms with Crippen LogP contribution in [0.1, 0.15) is 66.2 Å². The molecule has 0 radical (unpaired) electrons. The number of esters is 1. The van der Waals surface area contributed by atoms with Crippen LogP contribution >= 0.6 is 0 Å². The van der Waals surface area contributed by atoms with E-state index < -0.39 is 18.3 Å². The predicted octanol–water partition coefficient (Wildman–Crippen LogP) is 3.38. The van der Waals surface area contributed by atoms with E-state index in [9.17, 15) is 20.1 Å². The van der Waals surface area contributed by atoms with E-state index in [-0.39, 0.29) is 29.8 Å². The molecular formula is C23H38O5. The molecule has 0 unspecified atom stereocenters. The summed E-state index contributed by atoms with van der Waals surface area (Å²) in [4.78, 5) is 12.4. The molecule has 2 aliphatic rings. The first-order chi connectivity index (χ1) is 13.3. The van der Waals surface area contributed by atoms with Crippen molar-refractivity contribution in [3.05, 3.63) is 23.8 Å². The van der Waals surface area contributed by atoms with Crippen LogP contribution in [0.25, 0.3) is 0 Å². The third-order valence-corrected chi connectivity index (χ3v) is 6.50. The second kappa shape index (κ2) is 10.6. The zero-order valence-electron chi connectivity index (χ0n) is 17.8. The minimum Gasteiger partial charge on any atom is -0.461 e. The van der Waals surface area contributed by atoms with Crippen molar-refractivity contribution in [1.29, 1.82) is 0 Å². The number of ether oxygens (including phenoxy) is 1. The molecule has 3 N–H and O–H groups in total. The SMILES string of the molecule is CC[C@H](O)C[C@@H](O)CC[C@@H]1[C@@H]2C(=C[C@@H](O)C[C@@H]2OC(=O)[C@@H](C)CC)C=C[C@@H]1C. The van der Waals surface area contributed by atoms with Gasteiger partial charge in [0.1, 0.15) is 6.10 Å². The largest absolute Gasteiger partial charge is 0.461 e. The Morgan fingerprint density at radius 2 is 1.96 bits per heavy atom. The molecule has 2 aliphatic carbocycles. The molecule has 0 aromatic carbocycles. The van der Waals surface area contributed by atoms with Crippen molar-refractivity contribution < 1.29 is 24.9 Å². The van der Waals surface area contributed by atoms with Crippen molar-refractivity contribution in [2.75, 3.05) is 0 Å². The highest BCUT2D eigenvalue weighted by Gasteiger charge is 2.42. The maximum absolute atomic E-state index is 12.4.